The van der Waals surface area contributed by atoms with E-state index in [2.05, 4.69) is 22.4 Å². The van der Waals surface area contributed by atoms with Crippen molar-refractivity contribution in [1.29, 1.82) is 0 Å². The van der Waals surface area contributed by atoms with Crippen LogP contribution in [0.5, 0.6) is 0 Å². The number of nitrogens with zero attached hydrogens (tertiary/aromatic N) is 2. The average molecular weight is 236 g/mol. The zero-order chi connectivity index (χ0) is 11.5. The second kappa shape index (κ2) is 4.74. The van der Waals surface area contributed by atoms with E-state index < -0.39 is 0 Å². The van der Waals surface area contributed by atoms with Crippen LogP contribution >= 0.6 is 12.2 Å². The van der Waals surface area contributed by atoms with Gasteiger partial charge in [0.2, 0.25) is 0 Å². The zero-order valence-electron chi connectivity index (χ0n) is 9.31. The number of nitrogens with one attached hydrogen (secondary N) is 1. The van der Waals surface area contributed by atoms with Gasteiger partial charge in [0.25, 0.3) is 0 Å². The van der Waals surface area contributed by atoms with Crippen LogP contribution in [-0.4, -0.2) is 21.2 Å². The Morgan fingerprint density at radius 3 is 3.00 bits per heavy atom. The van der Waals surface area contributed by atoms with Gasteiger partial charge < -0.3 is 11.1 Å². The normalized spacial score (nSPS) is 24.3. The highest BCUT2D eigenvalue weighted by Crippen LogP contribution is 2.27. The van der Waals surface area contributed by atoms with Crippen LogP contribution in [0.2, 0.25) is 0 Å². The highest BCUT2D eigenvalue weighted by molar-refractivity contribution is 7.80. The lowest BCUT2D eigenvalue weighted by atomic mass is 10.1. The van der Waals surface area contributed by atoms with Gasteiger partial charge in [0.15, 0.2) is 5.82 Å². The quantitative estimate of drug-likeness (QED) is 0.782. The number of rotatable bonds is 3. The van der Waals surface area contributed by atoms with Crippen molar-refractivity contribution in [3.05, 3.63) is 17.8 Å². The zero-order valence-corrected chi connectivity index (χ0v) is 10.1. The number of hydrogen-bond donors (Lipinski definition) is 2. The van der Waals surface area contributed by atoms with E-state index in [4.69, 9.17) is 18.0 Å². The van der Waals surface area contributed by atoms with Crippen molar-refractivity contribution in [3.8, 4) is 0 Å². The van der Waals surface area contributed by atoms with Crippen LogP contribution in [0, 0.1) is 5.92 Å². The Balaban J connectivity index is 2.12. The lowest BCUT2D eigenvalue weighted by Gasteiger charge is -2.14. The standard InChI is InChI=1S/C11H16N4S/c1-7-2-3-8(6-7)14-11-9(10(12)16)4-5-13-15-11/h4-5,7-8H,2-3,6H2,1H3,(H2,12,16)(H,14,15). The van der Waals surface area contributed by atoms with Crippen LogP contribution < -0.4 is 11.1 Å². The average Bonchev–Trinajstić information content (AvgIpc) is 2.64. The first-order chi connectivity index (χ1) is 7.66. The summed E-state index contributed by atoms with van der Waals surface area (Å²) < 4.78 is 0. The number of nitrogens with two attached hydrogens (primary N) is 1. The van der Waals surface area contributed by atoms with Crippen LogP contribution in [-0.2, 0) is 0 Å². The molecule has 5 heteroatoms. The minimum absolute atomic E-state index is 0.364. The van der Waals surface area contributed by atoms with Crippen molar-refractivity contribution in [2.45, 2.75) is 32.2 Å². The van der Waals surface area contributed by atoms with Crippen LogP contribution in [0.4, 0.5) is 5.82 Å². The summed E-state index contributed by atoms with van der Waals surface area (Å²) in [5.74, 6) is 1.50. The van der Waals surface area contributed by atoms with E-state index in [-0.39, 0.29) is 0 Å². The topological polar surface area (TPSA) is 63.8 Å². The Labute approximate surface area is 101 Å². The summed E-state index contributed by atoms with van der Waals surface area (Å²) >= 11 is 4.98. The fraction of sp³-hybridized carbons (Fsp3) is 0.545. The number of aromatic nitrogens is 2. The summed E-state index contributed by atoms with van der Waals surface area (Å²) in [7, 11) is 0. The number of thiocarbonyl (C=S) groups is 1. The minimum Gasteiger partial charge on any atom is -0.389 e. The van der Waals surface area contributed by atoms with Crippen molar-refractivity contribution in [1.82, 2.24) is 10.2 Å². The first-order valence-electron chi connectivity index (χ1n) is 5.55. The summed E-state index contributed by atoms with van der Waals surface area (Å²) in [5.41, 5.74) is 6.42. The molecular formula is C11H16N4S. The Bertz CT molecular complexity index is 393. The van der Waals surface area contributed by atoms with Crippen LogP contribution in [0.25, 0.3) is 0 Å². The molecule has 3 N–H and O–H groups in total. The molecule has 0 aromatic carbocycles. The van der Waals surface area contributed by atoms with Gasteiger partial charge in [-0.2, -0.15) is 5.10 Å². The monoisotopic (exact) mass is 236 g/mol. The van der Waals surface area contributed by atoms with Crippen molar-refractivity contribution in [3.63, 3.8) is 0 Å². The lowest BCUT2D eigenvalue weighted by Crippen LogP contribution is -2.21. The van der Waals surface area contributed by atoms with Gasteiger partial charge in [-0.25, -0.2) is 0 Å². The molecule has 4 nitrogen and oxygen atoms in total. The van der Waals surface area contributed by atoms with Crippen LogP contribution in [0.15, 0.2) is 12.3 Å². The number of anilines is 1. The molecule has 2 unspecified atom stereocenters. The van der Waals surface area contributed by atoms with Crippen molar-refractivity contribution in [2.24, 2.45) is 11.7 Å². The predicted molar refractivity (Wildman–Crippen MR) is 68.3 cm³/mol. The molecule has 1 fully saturated rings. The maximum Gasteiger partial charge on any atom is 0.159 e. The fourth-order valence-corrected chi connectivity index (χ4v) is 2.33. The molecule has 2 atom stereocenters. The summed E-state index contributed by atoms with van der Waals surface area (Å²) in [6, 6.07) is 2.27. The summed E-state index contributed by atoms with van der Waals surface area (Å²) in [6.45, 7) is 2.27. The molecule has 1 aromatic rings. The molecule has 2 rings (SSSR count). The highest BCUT2D eigenvalue weighted by Gasteiger charge is 2.22. The van der Waals surface area contributed by atoms with E-state index in [0.29, 0.717) is 16.8 Å². The summed E-state index contributed by atoms with van der Waals surface area (Å²) in [4.78, 5) is 0.364. The Morgan fingerprint density at radius 2 is 2.38 bits per heavy atom. The van der Waals surface area contributed by atoms with E-state index in [1.54, 1.807) is 12.3 Å². The molecule has 0 radical (unpaired) electrons. The molecule has 1 saturated carbocycles. The summed E-state index contributed by atoms with van der Waals surface area (Å²) in [6.07, 6.45) is 5.22. The molecule has 0 bridgehead atoms. The van der Waals surface area contributed by atoms with E-state index >= 15 is 0 Å². The second-order valence-corrected chi connectivity index (χ2v) is 4.86. The SMILES string of the molecule is CC1CCC(Nc2nnccc2C(N)=S)C1. The third-order valence-electron chi connectivity index (χ3n) is 3.02. The molecule has 0 amide bonds. The van der Waals surface area contributed by atoms with Crippen LogP contribution in [0.1, 0.15) is 31.7 Å². The molecule has 0 aliphatic heterocycles. The summed E-state index contributed by atoms with van der Waals surface area (Å²) in [5, 5.41) is 11.3. The van der Waals surface area contributed by atoms with Gasteiger partial charge in [-0.15, -0.1) is 5.10 Å². The number of hydrogen-bond acceptors (Lipinski definition) is 4. The second-order valence-electron chi connectivity index (χ2n) is 4.42. The predicted octanol–water partition coefficient (Wildman–Crippen LogP) is 1.71. The maximum atomic E-state index is 5.64. The van der Waals surface area contributed by atoms with Crippen molar-refractivity contribution < 1.29 is 0 Å². The molecule has 1 aliphatic rings. The highest BCUT2D eigenvalue weighted by atomic mass is 32.1. The lowest BCUT2D eigenvalue weighted by molar-refractivity contribution is 0.602. The molecule has 1 heterocycles. The largest absolute Gasteiger partial charge is 0.389 e. The molecule has 86 valence electrons. The third-order valence-corrected chi connectivity index (χ3v) is 3.24. The molecular weight excluding hydrogens is 220 g/mol. The van der Waals surface area contributed by atoms with Gasteiger partial charge in [-0.3, -0.25) is 0 Å². The van der Waals surface area contributed by atoms with Gasteiger partial charge in [-0.1, -0.05) is 19.1 Å². The first-order valence-corrected chi connectivity index (χ1v) is 5.95. The Kier molecular flexibility index (Phi) is 3.33. The van der Waals surface area contributed by atoms with Gasteiger partial charge in [-0.05, 0) is 31.2 Å². The smallest absolute Gasteiger partial charge is 0.159 e. The van der Waals surface area contributed by atoms with Crippen LogP contribution in [0.3, 0.4) is 0 Å². The molecule has 1 aromatic heterocycles. The first kappa shape index (κ1) is 11.3. The molecule has 0 spiro atoms. The fourth-order valence-electron chi connectivity index (χ4n) is 2.17. The van der Waals surface area contributed by atoms with Crippen molar-refractivity contribution >= 4 is 23.0 Å². The van der Waals surface area contributed by atoms with Gasteiger partial charge in [0.1, 0.15) is 4.99 Å². The molecule has 0 saturated heterocycles. The van der Waals surface area contributed by atoms with E-state index in [1.807, 2.05) is 0 Å². The van der Waals surface area contributed by atoms with Crippen molar-refractivity contribution in [2.75, 3.05) is 5.32 Å². The van der Waals surface area contributed by atoms with Gasteiger partial charge >= 0.3 is 0 Å². The van der Waals surface area contributed by atoms with Gasteiger partial charge in [0, 0.05) is 6.04 Å². The third kappa shape index (κ3) is 2.47. The molecule has 1 aliphatic carbocycles. The minimum atomic E-state index is 0.364. The maximum absolute atomic E-state index is 5.64. The van der Waals surface area contributed by atoms with E-state index in [0.717, 1.165) is 11.5 Å². The van der Waals surface area contributed by atoms with E-state index in [1.165, 1.54) is 19.3 Å². The molecule has 16 heavy (non-hydrogen) atoms. The van der Waals surface area contributed by atoms with E-state index in [9.17, 15) is 0 Å². The Hall–Kier alpha value is -1.23. The van der Waals surface area contributed by atoms with Gasteiger partial charge in [0.05, 0.1) is 11.8 Å². The Morgan fingerprint density at radius 1 is 1.56 bits per heavy atom.